The van der Waals surface area contributed by atoms with Gasteiger partial charge in [0.05, 0.1) is 5.69 Å². The van der Waals surface area contributed by atoms with E-state index in [-0.39, 0.29) is 5.82 Å². The fourth-order valence-corrected chi connectivity index (χ4v) is 1.72. The summed E-state index contributed by atoms with van der Waals surface area (Å²) in [6.45, 7) is 5.19. The van der Waals surface area contributed by atoms with E-state index in [0.717, 1.165) is 31.7 Å². The lowest BCUT2D eigenvalue weighted by Crippen LogP contribution is -2.40. The normalized spacial score (nSPS) is 17.1. The minimum absolute atomic E-state index is 0.119. The first kappa shape index (κ1) is 9.46. The molecule has 1 fully saturated rings. The molecule has 14 heavy (non-hydrogen) atoms. The largest absolute Gasteiger partial charge is 0.366 e. The molecule has 0 amide bonds. The zero-order valence-electron chi connectivity index (χ0n) is 8.33. The molecule has 1 heterocycles. The molecule has 1 saturated heterocycles. The lowest BCUT2D eigenvalue weighted by Gasteiger charge is -2.28. The summed E-state index contributed by atoms with van der Waals surface area (Å²) in [5.74, 6) is -0.119. The van der Waals surface area contributed by atoms with Crippen LogP contribution in [0.4, 0.5) is 10.1 Å². The molecule has 1 aliphatic heterocycles. The third kappa shape index (κ3) is 1.87. The third-order valence-electron chi connectivity index (χ3n) is 2.50. The van der Waals surface area contributed by atoms with Gasteiger partial charge >= 0.3 is 0 Å². The van der Waals surface area contributed by atoms with Crippen molar-refractivity contribution in [2.75, 3.05) is 31.1 Å². The molecule has 0 aliphatic carbocycles. The van der Waals surface area contributed by atoms with Crippen LogP contribution < -0.4 is 10.2 Å². The van der Waals surface area contributed by atoms with E-state index < -0.39 is 0 Å². The summed E-state index contributed by atoms with van der Waals surface area (Å²) < 4.78 is 13.6. The van der Waals surface area contributed by atoms with Crippen LogP contribution in [0.5, 0.6) is 0 Å². The van der Waals surface area contributed by atoms with Crippen molar-refractivity contribution >= 4 is 5.69 Å². The minimum atomic E-state index is -0.119. The molecule has 0 atom stereocenters. The van der Waals surface area contributed by atoms with Gasteiger partial charge in [0.25, 0.3) is 0 Å². The molecule has 2 rings (SSSR count). The van der Waals surface area contributed by atoms with E-state index in [4.69, 9.17) is 0 Å². The van der Waals surface area contributed by atoms with Crippen LogP contribution >= 0.6 is 0 Å². The topological polar surface area (TPSA) is 17.3 Å². The van der Waals surface area contributed by atoms with Gasteiger partial charge in [0, 0.05) is 26.2 Å². The van der Waals surface area contributed by atoms with E-state index >= 15 is 0 Å². The number of halogens is 1. The molecule has 0 N–H and O–H groups in total. The number of hydrogen-bond acceptors (Lipinski definition) is 1. The van der Waals surface area contributed by atoms with Gasteiger partial charge in [0.15, 0.2) is 0 Å². The zero-order valence-corrected chi connectivity index (χ0v) is 8.33. The van der Waals surface area contributed by atoms with E-state index in [1.807, 2.05) is 19.1 Å². The summed E-state index contributed by atoms with van der Waals surface area (Å²) in [6.07, 6.45) is 0. The molecular weight excluding hydrogens is 179 g/mol. The molecule has 1 aromatic carbocycles. The third-order valence-corrected chi connectivity index (χ3v) is 2.50. The van der Waals surface area contributed by atoms with Crippen LogP contribution in [0.15, 0.2) is 18.2 Å². The number of rotatable bonds is 1. The highest BCUT2D eigenvalue weighted by molar-refractivity contribution is 5.49. The minimum Gasteiger partial charge on any atom is -0.366 e. The maximum absolute atomic E-state index is 13.6. The SMILES string of the molecule is Cc1ccc(N2CC[N]CC2)c(F)c1. The fraction of sp³-hybridized carbons (Fsp3) is 0.455. The quantitative estimate of drug-likeness (QED) is 0.661. The molecule has 1 aromatic rings. The lowest BCUT2D eigenvalue weighted by atomic mass is 10.2. The van der Waals surface area contributed by atoms with Crippen molar-refractivity contribution in [2.45, 2.75) is 6.92 Å². The number of nitrogens with zero attached hydrogens (tertiary/aromatic N) is 2. The van der Waals surface area contributed by atoms with Gasteiger partial charge in [0.1, 0.15) is 5.82 Å². The van der Waals surface area contributed by atoms with E-state index in [0.29, 0.717) is 5.69 Å². The van der Waals surface area contributed by atoms with Gasteiger partial charge < -0.3 is 4.90 Å². The molecule has 0 bridgehead atoms. The first-order valence-electron chi connectivity index (χ1n) is 4.92. The van der Waals surface area contributed by atoms with Gasteiger partial charge in [-0.2, -0.15) is 0 Å². The van der Waals surface area contributed by atoms with Crippen LogP contribution in [0.1, 0.15) is 5.56 Å². The Morgan fingerprint density at radius 1 is 1.29 bits per heavy atom. The van der Waals surface area contributed by atoms with E-state index in [1.165, 1.54) is 0 Å². The Bertz CT molecular complexity index is 319. The average Bonchev–Trinajstić information content (AvgIpc) is 2.19. The second-order valence-corrected chi connectivity index (χ2v) is 3.61. The highest BCUT2D eigenvalue weighted by Gasteiger charge is 2.14. The number of anilines is 1. The highest BCUT2D eigenvalue weighted by Crippen LogP contribution is 2.20. The first-order valence-corrected chi connectivity index (χ1v) is 4.92. The smallest absolute Gasteiger partial charge is 0.146 e. The van der Waals surface area contributed by atoms with Gasteiger partial charge in [-0.1, -0.05) is 6.07 Å². The number of benzene rings is 1. The summed E-state index contributed by atoms with van der Waals surface area (Å²) >= 11 is 0. The number of hydrogen-bond donors (Lipinski definition) is 0. The summed E-state index contributed by atoms with van der Waals surface area (Å²) in [5, 5.41) is 4.24. The van der Waals surface area contributed by atoms with Crippen LogP contribution in [0.2, 0.25) is 0 Å². The average molecular weight is 193 g/mol. The van der Waals surface area contributed by atoms with Crippen molar-refractivity contribution < 1.29 is 4.39 Å². The fourth-order valence-electron chi connectivity index (χ4n) is 1.72. The van der Waals surface area contributed by atoms with Crippen LogP contribution in [0.3, 0.4) is 0 Å². The van der Waals surface area contributed by atoms with Crippen molar-refractivity contribution in [1.29, 1.82) is 0 Å². The molecule has 0 unspecified atom stereocenters. The van der Waals surface area contributed by atoms with E-state index in [9.17, 15) is 4.39 Å². The summed E-state index contributed by atoms with van der Waals surface area (Å²) in [6, 6.07) is 5.39. The maximum Gasteiger partial charge on any atom is 0.146 e. The van der Waals surface area contributed by atoms with Crippen molar-refractivity contribution in [1.82, 2.24) is 5.32 Å². The molecule has 0 spiro atoms. The van der Waals surface area contributed by atoms with Crippen molar-refractivity contribution in [3.8, 4) is 0 Å². The van der Waals surface area contributed by atoms with E-state index in [1.54, 1.807) is 6.07 Å². The zero-order chi connectivity index (χ0) is 9.97. The van der Waals surface area contributed by atoms with Gasteiger partial charge in [-0.15, -0.1) is 0 Å². The predicted molar refractivity (Wildman–Crippen MR) is 55.2 cm³/mol. The van der Waals surface area contributed by atoms with Crippen LogP contribution in [-0.2, 0) is 0 Å². The Hall–Kier alpha value is -1.09. The molecule has 2 nitrogen and oxygen atoms in total. The molecule has 3 heteroatoms. The molecule has 75 valence electrons. The molecular formula is C11H14FN2. The van der Waals surface area contributed by atoms with Gasteiger partial charge in [-0.3, -0.25) is 0 Å². The second kappa shape index (κ2) is 3.96. The lowest BCUT2D eigenvalue weighted by molar-refractivity contribution is 0.559. The highest BCUT2D eigenvalue weighted by atomic mass is 19.1. The Balaban J connectivity index is 2.22. The summed E-state index contributed by atoms with van der Waals surface area (Å²) in [5.41, 5.74) is 1.68. The first-order chi connectivity index (χ1) is 6.77. The predicted octanol–water partition coefficient (Wildman–Crippen LogP) is 1.56. The van der Waals surface area contributed by atoms with Crippen molar-refractivity contribution in [3.05, 3.63) is 29.6 Å². The molecule has 1 aliphatic rings. The Kier molecular flexibility index (Phi) is 2.68. The van der Waals surface area contributed by atoms with Gasteiger partial charge in [-0.25, -0.2) is 9.71 Å². The van der Waals surface area contributed by atoms with Crippen LogP contribution in [-0.4, -0.2) is 26.2 Å². The second-order valence-electron chi connectivity index (χ2n) is 3.61. The van der Waals surface area contributed by atoms with Gasteiger partial charge in [-0.05, 0) is 24.6 Å². The monoisotopic (exact) mass is 193 g/mol. The number of aryl methyl sites for hydroxylation is 1. The standard InChI is InChI=1S/C11H14FN2/c1-9-2-3-11(10(12)8-9)14-6-4-13-5-7-14/h2-3,8H,4-7H2,1H3. The summed E-state index contributed by atoms with van der Waals surface area (Å²) in [7, 11) is 0. The molecule has 1 radical (unpaired) electrons. The summed E-state index contributed by atoms with van der Waals surface area (Å²) in [4.78, 5) is 2.06. The van der Waals surface area contributed by atoms with Crippen molar-refractivity contribution in [3.63, 3.8) is 0 Å². The molecule has 0 saturated carbocycles. The number of piperazine rings is 1. The van der Waals surface area contributed by atoms with Crippen LogP contribution in [0, 0.1) is 12.7 Å². The Morgan fingerprint density at radius 2 is 2.00 bits per heavy atom. The van der Waals surface area contributed by atoms with Crippen LogP contribution in [0.25, 0.3) is 0 Å². The van der Waals surface area contributed by atoms with Crippen molar-refractivity contribution in [2.24, 2.45) is 0 Å². The Labute approximate surface area is 83.7 Å². The maximum atomic E-state index is 13.6. The molecule has 0 aromatic heterocycles. The van der Waals surface area contributed by atoms with Gasteiger partial charge in [0.2, 0.25) is 0 Å². The Morgan fingerprint density at radius 3 is 2.64 bits per heavy atom. The van der Waals surface area contributed by atoms with E-state index in [2.05, 4.69) is 10.2 Å².